The fraction of sp³-hybridized carbons (Fsp3) is 0.263. The minimum Gasteiger partial charge on any atom is -0.459 e. The molecule has 0 bridgehead atoms. The van der Waals surface area contributed by atoms with Crippen LogP contribution in [0.1, 0.15) is 25.2 Å². The Balaban J connectivity index is 1.89. The molecule has 0 unspecified atom stereocenters. The van der Waals surface area contributed by atoms with Gasteiger partial charge in [-0.15, -0.1) is 0 Å². The molecule has 0 spiro atoms. The molecular formula is C19H19NO3S. The van der Waals surface area contributed by atoms with Crippen LogP contribution in [-0.2, 0) is 21.8 Å². The first-order chi connectivity index (χ1) is 11.4. The van der Waals surface area contributed by atoms with Gasteiger partial charge in [-0.1, -0.05) is 18.2 Å². The summed E-state index contributed by atoms with van der Waals surface area (Å²) in [6.45, 7) is 5.04. The van der Waals surface area contributed by atoms with Crippen LogP contribution in [0, 0.1) is 0 Å². The van der Waals surface area contributed by atoms with E-state index in [1.165, 1.54) is 5.56 Å². The Morgan fingerprint density at radius 2 is 1.79 bits per heavy atom. The van der Waals surface area contributed by atoms with E-state index >= 15 is 0 Å². The van der Waals surface area contributed by atoms with Gasteiger partial charge in [0.15, 0.2) is 0 Å². The van der Waals surface area contributed by atoms with Crippen molar-refractivity contribution in [3.8, 4) is 0 Å². The SMILES string of the molecule is CC1(C)NCCc2c1oc1cc(S(=O)(=O)c3ccccc3)ccc21. The molecule has 0 radical (unpaired) electrons. The zero-order chi connectivity index (χ0) is 16.9. The van der Waals surface area contributed by atoms with Gasteiger partial charge >= 0.3 is 0 Å². The summed E-state index contributed by atoms with van der Waals surface area (Å²) in [7, 11) is -3.54. The number of furan rings is 1. The number of hydrogen-bond acceptors (Lipinski definition) is 4. The predicted octanol–water partition coefficient (Wildman–Crippen LogP) is 3.65. The molecular weight excluding hydrogens is 322 g/mol. The molecule has 0 saturated carbocycles. The topological polar surface area (TPSA) is 59.3 Å². The molecule has 0 amide bonds. The molecule has 0 aliphatic carbocycles. The lowest BCUT2D eigenvalue weighted by atomic mass is 9.91. The van der Waals surface area contributed by atoms with E-state index in [4.69, 9.17) is 4.42 Å². The fourth-order valence-corrected chi connectivity index (χ4v) is 4.66. The predicted molar refractivity (Wildman–Crippen MR) is 92.8 cm³/mol. The minimum absolute atomic E-state index is 0.245. The second-order valence-corrected chi connectivity index (χ2v) is 8.64. The summed E-state index contributed by atoms with van der Waals surface area (Å²) in [5, 5.41) is 4.44. The van der Waals surface area contributed by atoms with Gasteiger partial charge in [-0.05, 0) is 44.5 Å². The van der Waals surface area contributed by atoms with Gasteiger partial charge in [0.25, 0.3) is 0 Å². The van der Waals surface area contributed by atoms with E-state index in [1.54, 1.807) is 42.5 Å². The molecule has 4 rings (SSSR count). The van der Waals surface area contributed by atoms with E-state index in [2.05, 4.69) is 19.2 Å². The van der Waals surface area contributed by atoms with Crippen molar-refractivity contribution in [3.05, 3.63) is 59.9 Å². The molecule has 1 N–H and O–H groups in total. The van der Waals surface area contributed by atoms with Crippen LogP contribution in [0.15, 0.2) is 62.7 Å². The molecule has 124 valence electrons. The Bertz CT molecular complexity index is 1020. The van der Waals surface area contributed by atoms with Gasteiger partial charge in [-0.2, -0.15) is 0 Å². The summed E-state index contributed by atoms with van der Waals surface area (Å²) in [6, 6.07) is 13.7. The quantitative estimate of drug-likeness (QED) is 0.773. The summed E-state index contributed by atoms with van der Waals surface area (Å²) in [5.41, 5.74) is 1.57. The largest absolute Gasteiger partial charge is 0.459 e. The van der Waals surface area contributed by atoms with Crippen LogP contribution in [0.2, 0.25) is 0 Å². The molecule has 4 nitrogen and oxygen atoms in total. The normalized spacial score (nSPS) is 16.9. The first-order valence-electron chi connectivity index (χ1n) is 8.01. The highest BCUT2D eigenvalue weighted by Crippen LogP contribution is 2.37. The maximum atomic E-state index is 12.8. The number of sulfone groups is 1. The molecule has 2 heterocycles. The second kappa shape index (κ2) is 5.19. The van der Waals surface area contributed by atoms with Crippen molar-refractivity contribution < 1.29 is 12.8 Å². The molecule has 1 aromatic heterocycles. The summed E-state index contributed by atoms with van der Waals surface area (Å²) in [5.74, 6) is 0.901. The van der Waals surface area contributed by atoms with E-state index in [0.717, 1.165) is 24.1 Å². The molecule has 0 fully saturated rings. The number of rotatable bonds is 2. The fourth-order valence-electron chi connectivity index (χ4n) is 3.37. The van der Waals surface area contributed by atoms with Gasteiger partial charge in [0.1, 0.15) is 11.3 Å². The van der Waals surface area contributed by atoms with E-state index < -0.39 is 9.84 Å². The van der Waals surface area contributed by atoms with Crippen LogP contribution in [-0.4, -0.2) is 15.0 Å². The van der Waals surface area contributed by atoms with Crippen molar-refractivity contribution >= 4 is 20.8 Å². The molecule has 5 heteroatoms. The van der Waals surface area contributed by atoms with Crippen LogP contribution in [0.25, 0.3) is 11.0 Å². The third-order valence-electron chi connectivity index (χ3n) is 4.64. The number of hydrogen-bond donors (Lipinski definition) is 1. The first-order valence-corrected chi connectivity index (χ1v) is 9.49. The summed E-state index contributed by atoms with van der Waals surface area (Å²) in [4.78, 5) is 0.556. The number of benzene rings is 2. The molecule has 24 heavy (non-hydrogen) atoms. The standard InChI is InChI=1S/C19H19NO3S/c1-19(2)18-16(10-11-20-19)15-9-8-14(12-17(15)23-18)24(21,22)13-6-4-3-5-7-13/h3-9,12,20H,10-11H2,1-2H3. The first kappa shape index (κ1) is 15.4. The minimum atomic E-state index is -3.54. The highest BCUT2D eigenvalue weighted by molar-refractivity contribution is 7.91. The van der Waals surface area contributed by atoms with Crippen LogP contribution in [0.5, 0.6) is 0 Å². The van der Waals surface area contributed by atoms with Gasteiger partial charge in [0.2, 0.25) is 9.84 Å². The van der Waals surface area contributed by atoms with E-state index in [9.17, 15) is 8.42 Å². The maximum absolute atomic E-state index is 12.8. The lowest BCUT2D eigenvalue weighted by Gasteiger charge is -2.29. The van der Waals surface area contributed by atoms with Gasteiger partial charge in [0.05, 0.1) is 15.3 Å². The van der Waals surface area contributed by atoms with E-state index in [0.29, 0.717) is 10.5 Å². The van der Waals surface area contributed by atoms with Gasteiger partial charge in [0, 0.05) is 23.6 Å². The second-order valence-electron chi connectivity index (χ2n) is 6.69. The van der Waals surface area contributed by atoms with Crippen LogP contribution < -0.4 is 5.32 Å². The molecule has 3 aromatic rings. The Kier molecular flexibility index (Phi) is 3.34. The summed E-state index contributed by atoms with van der Waals surface area (Å²) < 4.78 is 31.6. The average Bonchev–Trinajstić information content (AvgIpc) is 2.95. The van der Waals surface area contributed by atoms with Crippen LogP contribution in [0.3, 0.4) is 0 Å². The maximum Gasteiger partial charge on any atom is 0.206 e. The van der Waals surface area contributed by atoms with Crippen molar-refractivity contribution in [1.82, 2.24) is 5.32 Å². The van der Waals surface area contributed by atoms with Crippen molar-refractivity contribution in [2.24, 2.45) is 0 Å². The smallest absolute Gasteiger partial charge is 0.206 e. The van der Waals surface area contributed by atoms with Gasteiger partial charge < -0.3 is 9.73 Å². The summed E-state index contributed by atoms with van der Waals surface area (Å²) in [6.07, 6.45) is 0.885. The molecule has 0 saturated heterocycles. The third kappa shape index (κ3) is 2.27. The molecule has 1 aliphatic heterocycles. The van der Waals surface area contributed by atoms with Gasteiger partial charge in [-0.25, -0.2) is 8.42 Å². The highest BCUT2D eigenvalue weighted by atomic mass is 32.2. The van der Waals surface area contributed by atoms with Crippen LogP contribution in [0.4, 0.5) is 0 Å². The third-order valence-corrected chi connectivity index (χ3v) is 6.41. The van der Waals surface area contributed by atoms with Crippen LogP contribution >= 0.6 is 0 Å². The van der Waals surface area contributed by atoms with E-state index in [1.807, 2.05) is 6.07 Å². The Labute approximate surface area is 141 Å². The Morgan fingerprint density at radius 3 is 2.54 bits per heavy atom. The van der Waals surface area contributed by atoms with Crippen molar-refractivity contribution in [2.45, 2.75) is 35.6 Å². The zero-order valence-corrected chi connectivity index (χ0v) is 14.5. The average molecular weight is 341 g/mol. The molecule has 0 atom stereocenters. The number of nitrogens with one attached hydrogen (secondary N) is 1. The summed E-state index contributed by atoms with van der Waals surface area (Å²) >= 11 is 0. The monoisotopic (exact) mass is 341 g/mol. The van der Waals surface area contributed by atoms with Crippen molar-refractivity contribution in [3.63, 3.8) is 0 Å². The van der Waals surface area contributed by atoms with Crippen molar-refractivity contribution in [1.29, 1.82) is 0 Å². The Morgan fingerprint density at radius 1 is 1.04 bits per heavy atom. The Hall–Kier alpha value is -2.11. The molecule has 2 aromatic carbocycles. The highest BCUT2D eigenvalue weighted by Gasteiger charge is 2.32. The van der Waals surface area contributed by atoms with E-state index in [-0.39, 0.29) is 10.4 Å². The number of fused-ring (bicyclic) bond motifs is 3. The zero-order valence-electron chi connectivity index (χ0n) is 13.7. The lowest BCUT2D eigenvalue weighted by molar-refractivity contribution is 0.310. The lowest BCUT2D eigenvalue weighted by Crippen LogP contribution is -2.41. The van der Waals surface area contributed by atoms with Gasteiger partial charge in [-0.3, -0.25) is 0 Å². The van der Waals surface area contributed by atoms with Crippen molar-refractivity contribution in [2.75, 3.05) is 6.54 Å². The molecule has 1 aliphatic rings.